The first-order valence-electron chi connectivity index (χ1n) is 5.58. The molecular weight excluding hydrogens is 224 g/mol. The van der Waals surface area contributed by atoms with Gasteiger partial charge in [-0.1, -0.05) is 20.3 Å². The molecule has 0 bridgehead atoms. The normalized spacial score (nSPS) is 18.6. The molecule has 0 radical (unpaired) electrons. The van der Waals surface area contributed by atoms with Crippen molar-refractivity contribution in [1.29, 1.82) is 0 Å². The Labute approximate surface area is 102 Å². The van der Waals surface area contributed by atoms with Crippen LogP contribution in [0.4, 0.5) is 0 Å². The molecule has 0 saturated heterocycles. The van der Waals surface area contributed by atoms with Gasteiger partial charge in [0.1, 0.15) is 0 Å². The summed E-state index contributed by atoms with van der Waals surface area (Å²) in [5.41, 5.74) is 4.90. The summed E-state index contributed by atoms with van der Waals surface area (Å²) in [6.07, 6.45) is 2.79. The molecule has 0 spiro atoms. The molecule has 0 saturated carbocycles. The maximum Gasteiger partial charge on any atom is 0.237 e. The SMILES string of the molecule is CC[C@H](C)[C@H](N)C(=O)NCC(C)(O)CSC. The van der Waals surface area contributed by atoms with Crippen molar-refractivity contribution in [3.8, 4) is 0 Å². The Kier molecular flexibility index (Phi) is 7.03. The van der Waals surface area contributed by atoms with Gasteiger partial charge in [0, 0.05) is 12.3 Å². The molecule has 1 unspecified atom stereocenters. The van der Waals surface area contributed by atoms with Crippen LogP contribution in [0, 0.1) is 5.92 Å². The van der Waals surface area contributed by atoms with Gasteiger partial charge in [-0.25, -0.2) is 0 Å². The predicted octanol–water partition coefficient (Wildman–Crippen LogP) is 0.590. The average molecular weight is 248 g/mol. The van der Waals surface area contributed by atoms with Gasteiger partial charge in [0.2, 0.25) is 5.91 Å². The number of carbonyl (C=O) groups excluding carboxylic acids is 1. The summed E-state index contributed by atoms with van der Waals surface area (Å²) in [5.74, 6) is 0.562. The Morgan fingerprint density at radius 3 is 2.62 bits per heavy atom. The highest BCUT2D eigenvalue weighted by atomic mass is 32.2. The van der Waals surface area contributed by atoms with Crippen LogP contribution in [0.3, 0.4) is 0 Å². The van der Waals surface area contributed by atoms with Gasteiger partial charge >= 0.3 is 0 Å². The lowest BCUT2D eigenvalue weighted by Gasteiger charge is -2.24. The van der Waals surface area contributed by atoms with Gasteiger partial charge in [0.25, 0.3) is 0 Å². The fourth-order valence-electron chi connectivity index (χ4n) is 1.27. The highest BCUT2D eigenvalue weighted by molar-refractivity contribution is 7.98. The van der Waals surface area contributed by atoms with Crippen LogP contribution in [-0.4, -0.2) is 41.2 Å². The van der Waals surface area contributed by atoms with E-state index < -0.39 is 11.6 Å². The zero-order chi connectivity index (χ0) is 12.8. The maximum absolute atomic E-state index is 11.6. The fourth-order valence-corrected chi connectivity index (χ4v) is 1.99. The summed E-state index contributed by atoms with van der Waals surface area (Å²) in [5, 5.41) is 12.6. The van der Waals surface area contributed by atoms with Crippen LogP contribution < -0.4 is 11.1 Å². The molecule has 0 fully saturated rings. The van der Waals surface area contributed by atoms with E-state index in [0.717, 1.165) is 6.42 Å². The van der Waals surface area contributed by atoms with Gasteiger partial charge < -0.3 is 16.2 Å². The summed E-state index contributed by atoms with van der Waals surface area (Å²) in [4.78, 5) is 11.6. The van der Waals surface area contributed by atoms with E-state index in [9.17, 15) is 9.90 Å². The Hall–Kier alpha value is -0.260. The lowest BCUT2D eigenvalue weighted by Crippen LogP contribution is -2.50. The number of nitrogens with one attached hydrogen (secondary N) is 1. The second kappa shape index (κ2) is 7.14. The number of rotatable bonds is 7. The highest BCUT2D eigenvalue weighted by Gasteiger charge is 2.24. The third kappa shape index (κ3) is 5.72. The van der Waals surface area contributed by atoms with Gasteiger partial charge in [0.15, 0.2) is 0 Å². The first-order chi connectivity index (χ1) is 7.34. The summed E-state index contributed by atoms with van der Waals surface area (Å²) >= 11 is 1.55. The molecule has 16 heavy (non-hydrogen) atoms. The fraction of sp³-hybridized carbons (Fsp3) is 0.909. The number of aliphatic hydroxyl groups is 1. The van der Waals surface area contributed by atoms with Crippen LogP contribution in [-0.2, 0) is 4.79 Å². The zero-order valence-corrected chi connectivity index (χ0v) is 11.4. The van der Waals surface area contributed by atoms with Crippen LogP contribution >= 0.6 is 11.8 Å². The molecule has 4 nitrogen and oxygen atoms in total. The second-order valence-electron chi connectivity index (χ2n) is 4.56. The third-order valence-corrected chi connectivity index (χ3v) is 3.57. The van der Waals surface area contributed by atoms with Crippen LogP contribution in [0.2, 0.25) is 0 Å². The number of hydrogen-bond acceptors (Lipinski definition) is 4. The van der Waals surface area contributed by atoms with E-state index in [-0.39, 0.29) is 18.4 Å². The Morgan fingerprint density at radius 1 is 1.62 bits per heavy atom. The molecule has 5 heteroatoms. The number of carbonyl (C=O) groups is 1. The lowest BCUT2D eigenvalue weighted by molar-refractivity contribution is -0.124. The van der Waals surface area contributed by atoms with Crippen LogP contribution in [0.25, 0.3) is 0 Å². The average Bonchev–Trinajstić information content (AvgIpc) is 2.23. The Bertz CT molecular complexity index is 222. The summed E-state index contributed by atoms with van der Waals surface area (Å²) in [7, 11) is 0. The number of nitrogens with two attached hydrogens (primary N) is 1. The molecule has 0 aliphatic rings. The molecule has 0 aromatic carbocycles. The van der Waals surface area contributed by atoms with Gasteiger partial charge in [-0.3, -0.25) is 4.79 Å². The maximum atomic E-state index is 11.6. The number of amides is 1. The topological polar surface area (TPSA) is 75.4 Å². The minimum Gasteiger partial charge on any atom is -0.387 e. The first kappa shape index (κ1) is 15.7. The van der Waals surface area contributed by atoms with Crippen molar-refractivity contribution in [2.75, 3.05) is 18.6 Å². The van der Waals surface area contributed by atoms with Crippen molar-refractivity contribution < 1.29 is 9.90 Å². The van der Waals surface area contributed by atoms with Gasteiger partial charge in [-0.2, -0.15) is 11.8 Å². The lowest BCUT2D eigenvalue weighted by atomic mass is 9.99. The molecule has 0 aliphatic carbocycles. The van der Waals surface area contributed by atoms with Crippen LogP contribution in [0.5, 0.6) is 0 Å². The number of thioether (sulfide) groups is 1. The Morgan fingerprint density at radius 2 is 2.19 bits per heavy atom. The van der Waals surface area contributed by atoms with E-state index in [4.69, 9.17) is 5.73 Å². The summed E-state index contributed by atoms with van der Waals surface area (Å²) in [6, 6.07) is -0.491. The Balaban J connectivity index is 4.06. The zero-order valence-electron chi connectivity index (χ0n) is 10.6. The summed E-state index contributed by atoms with van der Waals surface area (Å²) < 4.78 is 0. The van der Waals surface area contributed by atoms with Crippen LogP contribution in [0.1, 0.15) is 27.2 Å². The molecule has 0 aliphatic heterocycles. The molecule has 0 heterocycles. The van der Waals surface area contributed by atoms with Crippen molar-refractivity contribution in [2.45, 2.75) is 38.8 Å². The van der Waals surface area contributed by atoms with E-state index in [0.29, 0.717) is 5.75 Å². The predicted molar refractivity (Wildman–Crippen MR) is 69.4 cm³/mol. The molecule has 4 N–H and O–H groups in total. The van der Waals surface area contributed by atoms with Crippen molar-refractivity contribution in [2.24, 2.45) is 11.7 Å². The van der Waals surface area contributed by atoms with E-state index in [1.165, 1.54) is 0 Å². The number of hydrogen-bond donors (Lipinski definition) is 3. The molecule has 3 atom stereocenters. The van der Waals surface area contributed by atoms with E-state index in [1.807, 2.05) is 20.1 Å². The van der Waals surface area contributed by atoms with Crippen molar-refractivity contribution in [3.05, 3.63) is 0 Å². The van der Waals surface area contributed by atoms with Gasteiger partial charge in [-0.05, 0) is 19.1 Å². The second-order valence-corrected chi connectivity index (χ2v) is 5.43. The summed E-state index contributed by atoms with van der Waals surface area (Å²) in [6.45, 7) is 5.90. The smallest absolute Gasteiger partial charge is 0.237 e. The quantitative estimate of drug-likeness (QED) is 0.616. The molecule has 0 aromatic heterocycles. The molecule has 1 amide bonds. The molecule has 0 aromatic rings. The minimum atomic E-state index is -0.871. The highest BCUT2D eigenvalue weighted by Crippen LogP contribution is 2.10. The largest absolute Gasteiger partial charge is 0.387 e. The third-order valence-electron chi connectivity index (χ3n) is 2.66. The van der Waals surface area contributed by atoms with Gasteiger partial charge in [0.05, 0.1) is 11.6 Å². The van der Waals surface area contributed by atoms with E-state index >= 15 is 0 Å². The standard InChI is InChI=1S/C11H24N2O2S/c1-5-8(2)9(12)10(14)13-6-11(3,15)7-16-4/h8-9,15H,5-7,12H2,1-4H3,(H,13,14)/t8-,9-,11?/m0/s1. The monoisotopic (exact) mass is 248 g/mol. The van der Waals surface area contributed by atoms with Crippen molar-refractivity contribution >= 4 is 17.7 Å². The van der Waals surface area contributed by atoms with E-state index in [2.05, 4.69) is 5.32 Å². The molecular formula is C11H24N2O2S. The molecule has 0 rings (SSSR count). The molecule has 96 valence electrons. The minimum absolute atomic E-state index is 0.158. The van der Waals surface area contributed by atoms with Crippen LogP contribution in [0.15, 0.2) is 0 Å². The van der Waals surface area contributed by atoms with Crippen molar-refractivity contribution in [3.63, 3.8) is 0 Å². The van der Waals surface area contributed by atoms with Gasteiger partial charge in [-0.15, -0.1) is 0 Å². The first-order valence-corrected chi connectivity index (χ1v) is 6.98. The van der Waals surface area contributed by atoms with E-state index in [1.54, 1.807) is 18.7 Å². The van der Waals surface area contributed by atoms with Crippen molar-refractivity contribution in [1.82, 2.24) is 5.32 Å².